The summed E-state index contributed by atoms with van der Waals surface area (Å²) in [6.45, 7) is 4.38. The predicted molar refractivity (Wildman–Crippen MR) is 219 cm³/mol. The van der Waals surface area contributed by atoms with Crippen LogP contribution in [-0.4, -0.2) is 127 Å². The lowest BCUT2D eigenvalue weighted by molar-refractivity contribution is -0.136. The van der Waals surface area contributed by atoms with Gasteiger partial charge < -0.3 is 31.1 Å². The molecule has 5 aliphatic rings. The van der Waals surface area contributed by atoms with Crippen LogP contribution in [0.25, 0.3) is 0 Å². The molecule has 4 fully saturated rings. The third-order valence-electron chi connectivity index (χ3n) is 12.3. The molecular weight excluding hydrogens is 793 g/mol. The number of hydrogen-bond acceptors (Lipinski definition) is 14. The minimum atomic E-state index is -3.38. The zero-order valence-electron chi connectivity index (χ0n) is 33.3. The summed E-state index contributed by atoms with van der Waals surface area (Å²) in [6, 6.07) is 10.6. The Balaban J connectivity index is 0.814. The van der Waals surface area contributed by atoms with Crippen molar-refractivity contribution < 1.29 is 37.2 Å². The third kappa shape index (κ3) is 8.40. The number of rotatable bonds is 10. The maximum absolute atomic E-state index is 13.6. The number of carbonyl (C=O) groups is 6. The molecule has 0 spiro atoms. The van der Waals surface area contributed by atoms with E-state index in [1.165, 1.54) is 18.3 Å². The van der Waals surface area contributed by atoms with Crippen molar-refractivity contribution in [2.75, 3.05) is 60.6 Å². The topological polar surface area (TPSA) is 237 Å². The lowest BCUT2D eigenvalue weighted by Gasteiger charge is -2.42. The molecule has 18 nitrogen and oxygen atoms in total. The van der Waals surface area contributed by atoms with Gasteiger partial charge in [0.05, 0.1) is 22.2 Å². The maximum Gasteiger partial charge on any atom is 0.271 e. The minimum Gasteiger partial charge on any atom is -0.371 e. The second kappa shape index (κ2) is 16.6. The number of nitrogens with zero attached hydrogens (tertiary/aromatic N) is 6. The molecule has 60 heavy (non-hydrogen) atoms. The fourth-order valence-corrected chi connectivity index (χ4v) is 9.65. The number of nitrogens with one attached hydrogen (secondary N) is 3. The van der Waals surface area contributed by atoms with Crippen molar-refractivity contribution >= 4 is 68.3 Å². The van der Waals surface area contributed by atoms with E-state index in [-0.39, 0.29) is 58.2 Å². The number of amides is 6. The average Bonchev–Trinajstić information content (AvgIpc) is 3.48. The first-order chi connectivity index (χ1) is 28.7. The number of carbonyl (C=O) groups excluding carboxylic acids is 6. The van der Waals surface area contributed by atoms with Crippen LogP contribution in [0.15, 0.2) is 53.6 Å². The van der Waals surface area contributed by atoms with E-state index >= 15 is 0 Å². The largest absolute Gasteiger partial charge is 0.371 e. The van der Waals surface area contributed by atoms with Crippen LogP contribution in [0.3, 0.4) is 0 Å². The van der Waals surface area contributed by atoms with Gasteiger partial charge in [-0.15, -0.1) is 0 Å². The Morgan fingerprint density at radius 2 is 1.57 bits per heavy atom. The standard InChI is InChI=1S/C41H48N10O8S/c1-60(58,59)29-7-4-25(5-8-29)44-37-35(36(42)53)43-22-33(46-37)50-16-2-3-26(23-50)45-38(54)24-12-17-48(18-13-24)27-14-19-49(20-15-27)28-6-9-30-31(21-28)41(57)51(40(30)56)32-10-11-34(52)47-39(32)55/h4-9,21-22,24,26-27,32H,2-3,10-20,23H2,1H3,(H2,42,53)(H,44,46)(H,45,54)(H,47,52,55). The summed E-state index contributed by atoms with van der Waals surface area (Å²) in [6.07, 6.45) is 7.78. The Morgan fingerprint density at radius 3 is 2.25 bits per heavy atom. The molecule has 19 heteroatoms. The second-order valence-electron chi connectivity index (χ2n) is 16.2. The summed E-state index contributed by atoms with van der Waals surface area (Å²) >= 11 is 0. The molecule has 2 aromatic carbocycles. The second-order valence-corrected chi connectivity index (χ2v) is 18.2. The van der Waals surface area contributed by atoms with Gasteiger partial charge in [-0.2, -0.15) is 0 Å². The highest BCUT2D eigenvalue weighted by Gasteiger charge is 2.45. The van der Waals surface area contributed by atoms with Crippen LogP contribution in [-0.2, 0) is 24.2 Å². The summed E-state index contributed by atoms with van der Waals surface area (Å²) in [4.78, 5) is 93.2. The molecule has 5 aliphatic heterocycles. The molecule has 4 saturated heterocycles. The van der Waals surface area contributed by atoms with E-state index in [0.717, 1.165) is 81.5 Å². The van der Waals surface area contributed by atoms with Crippen molar-refractivity contribution in [3.63, 3.8) is 0 Å². The number of sulfone groups is 1. The molecule has 0 saturated carbocycles. The first kappa shape index (κ1) is 40.8. The predicted octanol–water partition coefficient (Wildman–Crippen LogP) is 1.59. The van der Waals surface area contributed by atoms with Gasteiger partial charge in [-0.3, -0.25) is 39.0 Å². The summed E-state index contributed by atoms with van der Waals surface area (Å²) in [5.74, 6) is -2.21. The molecule has 0 radical (unpaired) electrons. The number of benzene rings is 2. The van der Waals surface area contributed by atoms with Gasteiger partial charge in [0, 0.05) is 68.2 Å². The van der Waals surface area contributed by atoms with Crippen molar-refractivity contribution in [2.24, 2.45) is 11.7 Å². The van der Waals surface area contributed by atoms with Gasteiger partial charge in [-0.25, -0.2) is 18.4 Å². The molecule has 8 rings (SSSR count). The van der Waals surface area contributed by atoms with Crippen LogP contribution in [0.2, 0.25) is 0 Å². The van der Waals surface area contributed by atoms with Crippen molar-refractivity contribution in [3.05, 3.63) is 65.5 Å². The van der Waals surface area contributed by atoms with Crippen molar-refractivity contribution in [2.45, 2.75) is 74.4 Å². The SMILES string of the molecule is CS(=O)(=O)c1ccc(Nc2nc(N3CCCC(NC(=O)C4CCN(C5CCN(c6ccc7c(c6)C(=O)N(C6CCC(=O)NC6=O)C7=O)CC5)CC4)C3)cnc2C(N)=O)cc1. The van der Waals surface area contributed by atoms with Crippen molar-refractivity contribution in [3.8, 4) is 0 Å². The van der Waals surface area contributed by atoms with Gasteiger partial charge in [0.25, 0.3) is 17.7 Å². The first-order valence-corrected chi connectivity index (χ1v) is 22.3. The molecule has 0 aliphatic carbocycles. The molecule has 6 heterocycles. The van der Waals surface area contributed by atoms with Crippen LogP contribution < -0.4 is 31.5 Å². The number of aromatic nitrogens is 2. The van der Waals surface area contributed by atoms with Crippen molar-refractivity contribution in [1.82, 2.24) is 30.4 Å². The van der Waals surface area contributed by atoms with E-state index < -0.39 is 45.4 Å². The highest BCUT2D eigenvalue weighted by molar-refractivity contribution is 7.90. The number of hydrogen-bond donors (Lipinski definition) is 4. The van der Waals surface area contributed by atoms with Gasteiger partial charge >= 0.3 is 0 Å². The molecule has 2 unspecified atom stereocenters. The molecule has 2 atom stereocenters. The lowest BCUT2D eigenvalue weighted by atomic mass is 9.92. The fourth-order valence-electron chi connectivity index (χ4n) is 9.02. The Bertz CT molecular complexity index is 2340. The monoisotopic (exact) mass is 840 g/mol. The van der Waals surface area contributed by atoms with E-state index in [0.29, 0.717) is 30.6 Å². The third-order valence-corrected chi connectivity index (χ3v) is 13.4. The quantitative estimate of drug-likeness (QED) is 0.212. The Kier molecular flexibility index (Phi) is 11.3. The summed E-state index contributed by atoms with van der Waals surface area (Å²) in [5.41, 5.74) is 7.44. The van der Waals surface area contributed by atoms with Crippen LogP contribution >= 0.6 is 0 Å². The molecule has 3 aromatic rings. The van der Waals surface area contributed by atoms with Gasteiger partial charge in [0.1, 0.15) is 11.9 Å². The van der Waals surface area contributed by atoms with Crippen LogP contribution in [0.4, 0.5) is 23.0 Å². The molecule has 0 bridgehead atoms. The number of nitrogens with two attached hydrogens (primary N) is 1. The number of likely N-dealkylation sites (tertiary alicyclic amines) is 1. The Morgan fingerprint density at radius 1 is 0.850 bits per heavy atom. The Hall–Kier alpha value is -5.95. The normalized spacial score (nSPS) is 22.1. The Labute approximate surface area is 347 Å². The number of piperidine rings is 4. The van der Waals surface area contributed by atoms with Gasteiger partial charge in [-0.1, -0.05) is 0 Å². The molecule has 5 N–H and O–H groups in total. The van der Waals surface area contributed by atoms with Crippen LogP contribution in [0, 0.1) is 5.92 Å². The number of primary amides is 1. The summed E-state index contributed by atoms with van der Waals surface area (Å²) < 4.78 is 23.8. The van der Waals surface area contributed by atoms with E-state index in [4.69, 9.17) is 5.73 Å². The van der Waals surface area contributed by atoms with Gasteiger partial charge in [-0.05, 0) is 100 Å². The van der Waals surface area contributed by atoms with Crippen LogP contribution in [0.5, 0.6) is 0 Å². The molecule has 6 amide bonds. The number of fused-ring (bicyclic) bond motifs is 1. The van der Waals surface area contributed by atoms with E-state index in [9.17, 15) is 37.2 Å². The zero-order chi connectivity index (χ0) is 42.3. The maximum atomic E-state index is 13.6. The minimum absolute atomic E-state index is 0.0483. The fraction of sp³-hybridized carbons (Fsp3) is 0.463. The smallest absolute Gasteiger partial charge is 0.271 e. The zero-order valence-corrected chi connectivity index (χ0v) is 34.1. The van der Waals surface area contributed by atoms with Gasteiger partial charge in [0.15, 0.2) is 21.3 Å². The van der Waals surface area contributed by atoms with Crippen LogP contribution in [0.1, 0.15) is 82.6 Å². The van der Waals surface area contributed by atoms with E-state index in [1.807, 2.05) is 11.0 Å². The molecular formula is C41H48N10O8S. The summed E-state index contributed by atoms with van der Waals surface area (Å²) in [7, 11) is -3.38. The molecule has 316 valence electrons. The highest BCUT2D eigenvalue weighted by Crippen LogP contribution is 2.33. The van der Waals surface area contributed by atoms with E-state index in [1.54, 1.807) is 24.3 Å². The number of anilines is 4. The van der Waals surface area contributed by atoms with E-state index in [2.05, 4.69) is 35.7 Å². The van der Waals surface area contributed by atoms with Crippen molar-refractivity contribution in [1.29, 1.82) is 0 Å². The molecule has 1 aromatic heterocycles. The lowest BCUT2D eigenvalue weighted by Crippen LogP contribution is -2.54. The summed E-state index contributed by atoms with van der Waals surface area (Å²) in [5, 5.41) is 8.56. The average molecular weight is 841 g/mol. The highest BCUT2D eigenvalue weighted by atomic mass is 32.2. The number of imide groups is 2. The van der Waals surface area contributed by atoms with Gasteiger partial charge in [0.2, 0.25) is 17.7 Å². The first-order valence-electron chi connectivity index (χ1n) is 20.4.